The molecule has 1 aromatic carbocycles. The highest BCUT2D eigenvalue weighted by molar-refractivity contribution is 7.78. The first-order valence-corrected chi connectivity index (χ1v) is 4.34. The summed E-state index contributed by atoms with van der Waals surface area (Å²) < 4.78 is 0. The Morgan fingerprint density at radius 3 is 2.73 bits per heavy atom. The molecule has 0 saturated carbocycles. The van der Waals surface area contributed by atoms with Crippen molar-refractivity contribution in [2.75, 3.05) is 0 Å². The zero-order valence-electron chi connectivity index (χ0n) is 7.10. The summed E-state index contributed by atoms with van der Waals surface area (Å²) in [6, 6.07) is 3.93. The van der Waals surface area contributed by atoms with E-state index in [1.165, 1.54) is 0 Å². The number of thiocarbonyl (C=S) groups is 1. The van der Waals surface area contributed by atoms with Crippen LogP contribution >= 0.6 is 23.8 Å². The van der Waals surface area contributed by atoms with Crippen molar-refractivity contribution in [3.8, 4) is 6.07 Å². The number of halogens is 1. The maximum absolute atomic E-state index is 10.5. The van der Waals surface area contributed by atoms with Crippen LogP contribution in [0.1, 0.15) is 5.56 Å². The van der Waals surface area contributed by atoms with E-state index in [2.05, 4.69) is 22.4 Å². The fraction of sp³-hybridized carbons (Fsp3) is 0. The number of rotatable bonds is 2. The van der Waals surface area contributed by atoms with Crippen LogP contribution in [0.5, 0.6) is 0 Å². The zero-order valence-corrected chi connectivity index (χ0v) is 8.67. The van der Waals surface area contributed by atoms with Crippen molar-refractivity contribution in [3.05, 3.63) is 32.8 Å². The molecule has 0 atom stereocenters. The van der Waals surface area contributed by atoms with Gasteiger partial charge in [-0.3, -0.25) is 10.1 Å². The van der Waals surface area contributed by atoms with Crippen LogP contribution in [0.2, 0.25) is 5.02 Å². The van der Waals surface area contributed by atoms with E-state index < -0.39 is 4.92 Å². The number of non-ortho nitro benzene ring substituents is 1. The Balaban J connectivity index is 3.52. The minimum absolute atomic E-state index is 0.00176. The number of nitrogens with zero attached hydrogens (tertiary/aromatic N) is 3. The number of nitro groups is 1. The van der Waals surface area contributed by atoms with Gasteiger partial charge in [-0.1, -0.05) is 11.6 Å². The quantitative estimate of drug-likeness (QED) is 0.344. The average Bonchev–Trinajstić information content (AvgIpc) is 2.20. The minimum atomic E-state index is -0.641. The molecule has 15 heavy (non-hydrogen) atoms. The second-order valence-electron chi connectivity index (χ2n) is 2.40. The van der Waals surface area contributed by atoms with Gasteiger partial charge in [-0.15, -0.1) is 0 Å². The summed E-state index contributed by atoms with van der Waals surface area (Å²) in [5.41, 5.74) is -0.175. The van der Waals surface area contributed by atoms with Gasteiger partial charge in [0.1, 0.15) is 11.8 Å². The molecule has 0 amide bonds. The SMILES string of the molecule is N#Cc1cc([N+](=O)[O-])cc(Cl)c1N=C=S. The molecule has 0 saturated heterocycles. The third kappa shape index (κ3) is 2.36. The fourth-order valence-corrected chi connectivity index (χ4v) is 1.28. The normalized spacial score (nSPS) is 8.80. The van der Waals surface area contributed by atoms with E-state index >= 15 is 0 Å². The van der Waals surface area contributed by atoms with Crippen LogP contribution in [0.15, 0.2) is 17.1 Å². The Bertz CT molecular complexity index is 517. The van der Waals surface area contributed by atoms with E-state index in [0.29, 0.717) is 0 Å². The molecule has 5 nitrogen and oxygen atoms in total. The molecule has 0 spiro atoms. The van der Waals surface area contributed by atoms with Crippen molar-refractivity contribution in [3.63, 3.8) is 0 Å². The molecular weight excluding hydrogens is 238 g/mol. The number of isothiocyanates is 1. The molecule has 0 radical (unpaired) electrons. The Kier molecular flexibility index (Phi) is 3.47. The number of hydrogen-bond acceptors (Lipinski definition) is 5. The molecule has 0 N–H and O–H groups in total. The van der Waals surface area contributed by atoms with Gasteiger partial charge in [-0.05, 0) is 12.2 Å². The van der Waals surface area contributed by atoms with Gasteiger partial charge in [-0.25, -0.2) is 0 Å². The molecular formula is C8H2ClN3O2S. The van der Waals surface area contributed by atoms with Gasteiger partial charge in [0.15, 0.2) is 0 Å². The second kappa shape index (κ2) is 4.62. The third-order valence-corrected chi connectivity index (χ3v) is 1.92. The van der Waals surface area contributed by atoms with Crippen LogP contribution in [0.4, 0.5) is 11.4 Å². The third-order valence-electron chi connectivity index (χ3n) is 1.54. The monoisotopic (exact) mass is 239 g/mol. The molecule has 1 aromatic rings. The summed E-state index contributed by atoms with van der Waals surface area (Å²) >= 11 is 10.1. The number of hydrogen-bond donors (Lipinski definition) is 0. The maximum Gasteiger partial charge on any atom is 0.272 e. The number of nitriles is 1. The van der Waals surface area contributed by atoms with Gasteiger partial charge in [0.2, 0.25) is 0 Å². The Hall–Kier alpha value is -1.80. The Labute approximate surface area is 94.8 Å². The standard InChI is InChI=1S/C8H2ClN3O2S/c9-7-2-6(12(13)14)1-5(3-10)8(7)11-4-15/h1-2H. The predicted molar refractivity (Wildman–Crippen MR) is 57.5 cm³/mol. The molecule has 0 unspecified atom stereocenters. The van der Waals surface area contributed by atoms with Crippen LogP contribution < -0.4 is 0 Å². The van der Waals surface area contributed by atoms with E-state index in [0.717, 1.165) is 12.1 Å². The van der Waals surface area contributed by atoms with Gasteiger partial charge in [-0.2, -0.15) is 10.3 Å². The molecule has 7 heteroatoms. The summed E-state index contributed by atoms with van der Waals surface area (Å²) in [6.07, 6.45) is 0. The van der Waals surface area contributed by atoms with E-state index in [1.54, 1.807) is 6.07 Å². The Morgan fingerprint density at radius 1 is 1.60 bits per heavy atom. The highest BCUT2D eigenvalue weighted by atomic mass is 35.5. The van der Waals surface area contributed by atoms with Crippen LogP contribution in [0.25, 0.3) is 0 Å². The molecule has 0 aliphatic heterocycles. The van der Waals surface area contributed by atoms with E-state index in [1.807, 2.05) is 0 Å². The van der Waals surface area contributed by atoms with Crippen molar-refractivity contribution < 1.29 is 4.92 Å². The van der Waals surface area contributed by atoms with Gasteiger partial charge in [0.25, 0.3) is 5.69 Å². The summed E-state index contributed by atoms with van der Waals surface area (Å²) in [5, 5.41) is 21.2. The van der Waals surface area contributed by atoms with Gasteiger partial charge < -0.3 is 0 Å². The average molecular weight is 240 g/mol. The summed E-state index contributed by atoms with van der Waals surface area (Å²) in [7, 11) is 0. The highest BCUT2D eigenvalue weighted by Gasteiger charge is 2.14. The summed E-state index contributed by atoms with van der Waals surface area (Å²) in [5.74, 6) is 0. The fourth-order valence-electron chi connectivity index (χ4n) is 0.935. The number of nitro benzene ring substituents is 1. The molecule has 0 aliphatic carbocycles. The summed E-state index contributed by atoms with van der Waals surface area (Å²) in [6.45, 7) is 0. The predicted octanol–water partition coefficient (Wildman–Crippen LogP) is 2.85. The zero-order chi connectivity index (χ0) is 11.4. The molecule has 0 aliphatic rings. The van der Waals surface area contributed by atoms with Crippen molar-refractivity contribution >= 4 is 40.4 Å². The molecule has 1 rings (SSSR count). The molecule has 0 fully saturated rings. The molecule has 74 valence electrons. The molecule has 0 heterocycles. The van der Waals surface area contributed by atoms with Gasteiger partial charge >= 0.3 is 0 Å². The van der Waals surface area contributed by atoms with Crippen LogP contribution in [0, 0.1) is 21.4 Å². The first kappa shape index (κ1) is 11.3. The lowest BCUT2D eigenvalue weighted by atomic mass is 10.2. The second-order valence-corrected chi connectivity index (χ2v) is 2.99. The molecule has 0 aromatic heterocycles. The molecule has 0 bridgehead atoms. The van der Waals surface area contributed by atoms with Gasteiger partial charge in [0, 0.05) is 12.1 Å². The van der Waals surface area contributed by atoms with Crippen molar-refractivity contribution in [2.45, 2.75) is 0 Å². The number of aliphatic imine (C=N–C) groups is 1. The maximum atomic E-state index is 10.5. The minimum Gasteiger partial charge on any atom is -0.258 e. The lowest BCUT2D eigenvalue weighted by Gasteiger charge is -1.99. The van der Waals surface area contributed by atoms with Crippen molar-refractivity contribution in [1.82, 2.24) is 0 Å². The summed E-state index contributed by atoms with van der Waals surface area (Å²) in [4.78, 5) is 13.4. The first-order valence-electron chi connectivity index (χ1n) is 3.56. The van der Waals surface area contributed by atoms with Crippen molar-refractivity contribution in [1.29, 1.82) is 5.26 Å². The smallest absolute Gasteiger partial charge is 0.258 e. The van der Waals surface area contributed by atoms with E-state index in [9.17, 15) is 10.1 Å². The highest BCUT2D eigenvalue weighted by Crippen LogP contribution is 2.32. The largest absolute Gasteiger partial charge is 0.272 e. The van der Waals surface area contributed by atoms with E-state index in [-0.39, 0.29) is 22.0 Å². The Morgan fingerprint density at radius 2 is 2.27 bits per heavy atom. The van der Waals surface area contributed by atoms with Crippen LogP contribution in [0.3, 0.4) is 0 Å². The van der Waals surface area contributed by atoms with Crippen molar-refractivity contribution in [2.24, 2.45) is 4.99 Å². The van der Waals surface area contributed by atoms with E-state index in [4.69, 9.17) is 16.9 Å². The number of benzene rings is 1. The topological polar surface area (TPSA) is 79.3 Å². The lowest BCUT2D eigenvalue weighted by Crippen LogP contribution is -1.89. The lowest BCUT2D eigenvalue weighted by molar-refractivity contribution is -0.384. The van der Waals surface area contributed by atoms with Gasteiger partial charge in [0.05, 0.1) is 20.7 Å². The first-order chi connectivity index (χ1) is 7.10. The van der Waals surface area contributed by atoms with Crippen LogP contribution in [-0.4, -0.2) is 10.1 Å². The van der Waals surface area contributed by atoms with Crippen LogP contribution in [-0.2, 0) is 0 Å².